The van der Waals surface area contributed by atoms with Crippen LogP contribution in [0.15, 0.2) is 36.4 Å². The first-order valence-electron chi connectivity index (χ1n) is 11.7. The third-order valence-corrected chi connectivity index (χ3v) is 6.24. The zero-order valence-corrected chi connectivity index (χ0v) is 21.2. The molecule has 0 saturated carbocycles. The SMILES string of the molecule is CCOC(=O)N1c2ccc(C(F)(F)F)cc2N([C@H](C(=O)OC)c2cc(C(F)(F)F)cc(C(F)(F)F)c2)C[C@@H]1CC. The molecule has 0 aromatic heterocycles. The Morgan fingerprint density at radius 1 is 0.850 bits per heavy atom. The number of ether oxygens (including phenoxy) is 2. The topological polar surface area (TPSA) is 59.1 Å². The maximum absolute atomic E-state index is 13.7. The van der Waals surface area contributed by atoms with E-state index in [2.05, 4.69) is 0 Å². The highest BCUT2D eigenvalue weighted by Gasteiger charge is 2.44. The van der Waals surface area contributed by atoms with Crippen LogP contribution in [0.2, 0.25) is 0 Å². The fourth-order valence-electron chi connectivity index (χ4n) is 4.43. The fourth-order valence-corrected chi connectivity index (χ4v) is 4.43. The van der Waals surface area contributed by atoms with Crippen LogP contribution in [0.25, 0.3) is 0 Å². The lowest BCUT2D eigenvalue weighted by Crippen LogP contribution is -2.53. The molecule has 1 aliphatic rings. The van der Waals surface area contributed by atoms with Crippen LogP contribution in [-0.2, 0) is 32.8 Å². The molecule has 0 unspecified atom stereocenters. The molecule has 0 N–H and O–H groups in total. The van der Waals surface area contributed by atoms with Crippen LogP contribution in [0.3, 0.4) is 0 Å². The molecule has 0 spiro atoms. The van der Waals surface area contributed by atoms with Gasteiger partial charge in [-0.1, -0.05) is 6.92 Å². The number of amides is 1. The Morgan fingerprint density at radius 3 is 1.85 bits per heavy atom. The van der Waals surface area contributed by atoms with Gasteiger partial charge in [0.15, 0.2) is 6.04 Å². The fraction of sp³-hybridized carbons (Fsp3) is 0.440. The van der Waals surface area contributed by atoms with Gasteiger partial charge >= 0.3 is 30.6 Å². The molecule has 6 nitrogen and oxygen atoms in total. The van der Waals surface area contributed by atoms with Crippen molar-refractivity contribution in [2.24, 2.45) is 0 Å². The van der Waals surface area contributed by atoms with E-state index in [4.69, 9.17) is 9.47 Å². The van der Waals surface area contributed by atoms with Gasteiger partial charge in [-0.2, -0.15) is 39.5 Å². The number of carbonyl (C=O) groups is 2. The van der Waals surface area contributed by atoms with E-state index in [0.29, 0.717) is 24.3 Å². The first-order chi connectivity index (χ1) is 18.4. The molecule has 2 aromatic rings. The van der Waals surface area contributed by atoms with Gasteiger partial charge in [-0.25, -0.2) is 9.59 Å². The van der Waals surface area contributed by atoms with Gasteiger partial charge in [0.25, 0.3) is 0 Å². The standard InChI is InChI=1S/C25H23F9N2O4/c1-4-17-12-35(19-11-14(23(26,27)28)6-7-18(19)36(17)22(38)40-5-2)20(21(37)39-3)13-8-15(24(29,30)31)10-16(9-13)25(32,33)34/h6-11,17,20H,4-5,12H2,1-3H3/t17-,20-/m0/s1. The molecule has 3 rings (SSSR count). The van der Waals surface area contributed by atoms with Gasteiger partial charge < -0.3 is 14.4 Å². The maximum Gasteiger partial charge on any atom is 0.416 e. The lowest BCUT2D eigenvalue weighted by atomic mass is 9.95. The highest BCUT2D eigenvalue weighted by atomic mass is 19.4. The predicted octanol–water partition coefficient (Wildman–Crippen LogP) is 7.22. The number of esters is 1. The summed E-state index contributed by atoms with van der Waals surface area (Å²) in [6.45, 7) is 2.52. The number of rotatable bonds is 5. The molecular weight excluding hydrogens is 563 g/mol. The number of hydrogen-bond acceptors (Lipinski definition) is 5. The Labute approximate surface area is 222 Å². The zero-order chi connectivity index (χ0) is 30.2. The van der Waals surface area contributed by atoms with Gasteiger partial charge in [-0.3, -0.25) is 4.90 Å². The molecule has 220 valence electrons. The molecule has 1 amide bonds. The summed E-state index contributed by atoms with van der Waals surface area (Å²) in [6, 6.07) is -0.335. The molecule has 40 heavy (non-hydrogen) atoms. The smallest absolute Gasteiger partial charge is 0.416 e. The minimum Gasteiger partial charge on any atom is -0.467 e. The number of nitrogens with zero attached hydrogens (tertiary/aromatic N) is 2. The van der Waals surface area contributed by atoms with Crippen molar-refractivity contribution in [1.82, 2.24) is 0 Å². The predicted molar refractivity (Wildman–Crippen MR) is 124 cm³/mol. The quantitative estimate of drug-likeness (QED) is 0.274. The van der Waals surface area contributed by atoms with E-state index >= 15 is 0 Å². The zero-order valence-electron chi connectivity index (χ0n) is 21.2. The maximum atomic E-state index is 13.7. The summed E-state index contributed by atoms with van der Waals surface area (Å²) in [5.41, 5.74) is -6.16. The van der Waals surface area contributed by atoms with Crippen molar-refractivity contribution in [2.75, 3.05) is 30.1 Å². The molecule has 0 radical (unpaired) electrons. The van der Waals surface area contributed by atoms with Crippen molar-refractivity contribution in [1.29, 1.82) is 0 Å². The monoisotopic (exact) mass is 586 g/mol. The molecule has 15 heteroatoms. The minimum atomic E-state index is -5.26. The van der Waals surface area contributed by atoms with E-state index in [0.717, 1.165) is 23.0 Å². The summed E-state index contributed by atoms with van der Waals surface area (Å²) in [6.07, 6.45) is -16.3. The van der Waals surface area contributed by atoms with Crippen molar-refractivity contribution >= 4 is 23.4 Å². The Bertz CT molecular complexity index is 1230. The Morgan fingerprint density at radius 2 is 1.40 bits per heavy atom. The van der Waals surface area contributed by atoms with Crippen molar-refractivity contribution < 1.29 is 58.6 Å². The van der Waals surface area contributed by atoms with Gasteiger partial charge in [0.05, 0.1) is 47.8 Å². The van der Waals surface area contributed by atoms with Crippen LogP contribution in [0.5, 0.6) is 0 Å². The minimum absolute atomic E-state index is 0.0965. The van der Waals surface area contributed by atoms with Crippen LogP contribution < -0.4 is 9.80 Å². The third kappa shape index (κ3) is 6.22. The second-order valence-electron chi connectivity index (χ2n) is 8.75. The van der Waals surface area contributed by atoms with E-state index in [9.17, 15) is 49.1 Å². The lowest BCUT2D eigenvalue weighted by Gasteiger charge is -2.45. The van der Waals surface area contributed by atoms with Crippen molar-refractivity contribution in [3.63, 3.8) is 0 Å². The summed E-state index contributed by atoms with van der Waals surface area (Å²) < 4.78 is 132. The molecule has 1 heterocycles. The average Bonchev–Trinajstić information content (AvgIpc) is 2.86. The summed E-state index contributed by atoms with van der Waals surface area (Å²) in [5.74, 6) is -1.34. The number of alkyl halides is 9. The van der Waals surface area contributed by atoms with Crippen LogP contribution in [0.1, 0.15) is 48.6 Å². The Kier molecular flexibility index (Phi) is 8.56. The van der Waals surface area contributed by atoms with Gasteiger partial charge in [0.1, 0.15) is 0 Å². The van der Waals surface area contributed by atoms with Gasteiger partial charge in [0, 0.05) is 6.54 Å². The van der Waals surface area contributed by atoms with Crippen LogP contribution in [0, 0.1) is 0 Å². The number of hydrogen-bond donors (Lipinski definition) is 0. The summed E-state index contributed by atoms with van der Waals surface area (Å²) in [4.78, 5) is 27.7. The molecule has 0 saturated heterocycles. The first kappa shape index (κ1) is 30.9. The molecule has 0 bridgehead atoms. The van der Waals surface area contributed by atoms with Gasteiger partial charge in [0.2, 0.25) is 0 Å². The summed E-state index contributed by atoms with van der Waals surface area (Å²) in [5, 5.41) is 0. The third-order valence-electron chi connectivity index (χ3n) is 6.24. The lowest BCUT2D eigenvalue weighted by molar-refractivity contribution is -0.145. The second kappa shape index (κ2) is 11.1. The molecule has 1 aliphatic heterocycles. The van der Waals surface area contributed by atoms with E-state index in [1.165, 1.54) is 6.92 Å². The molecule has 0 fully saturated rings. The largest absolute Gasteiger partial charge is 0.467 e. The summed E-state index contributed by atoms with van der Waals surface area (Å²) in [7, 11) is 0.826. The van der Waals surface area contributed by atoms with Gasteiger partial charge in [-0.05, 0) is 55.3 Å². The Hall–Kier alpha value is -3.65. The Balaban J connectivity index is 2.36. The first-order valence-corrected chi connectivity index (χ1v) is 11.7. The van der Waals surface area contributed by atoms with Gasteiger partial charge in [-0.15, -0.1) is 0 Å². The number of fused-ring (bicyclic) bond motifs is 1. The van der Waals surface area contributed by atoms with E-state index in [-0.39, 0.29) is 24.8 Å². The molecule has 0 aliphatic carbocycles. The number of carbonyl (C=O) groups excluding carboxylic acids is 2. The van der Waals surface area contributed by atoms with Crippen LogP contribution in [-0.4, -0.2) is 38.4 Å². The molecular formula is C25H23F9N2O4. The van der Waals surface area contributed by atoms with Crippen molar-refractivity contribution in [3.8, 4) is 0 Å². The highest BCUT2D eigenvalue weighted by Crippen LogP contribution is 2.46. The second-order valence-corrected chi connectivity index (χ2v) is 8.75. The molecule has 2 aromatic carbocycles. The van der Waals surface area contributed by atoms with Crippen molar-refractivity contribution in [3.05, 3.63) is 58.7 Å². The number of halogens is 9. The molecule has 2 atom stereocenters. The van der Waals surface area contributed by atoms with Crippen LogP contribution >= 0.6 is 0 Å². The summed E-state index contributed by atoms with van der Waals surface area (Å²) >= 11 is 0. The van der Waals surface area contributed by atoms with E-state index in [1.807, 2.05) is 0 Å². The van der Waals surface area contributed by atoms with E-state index in [1.54, 1.807) is 6.92 Å². The number of anilines is 2. The van der Waals surface area contributed by atoms with E-state index < -0.39 is 77.2 Å². The van der Waals surface area contributed by atoms with Crippen molar-refractivity contribution in [2.45, 2.75) is 50.9 Å². The van der Waals surface area contributed by atoms with Crippen LogP contribution in [0.4, 0.5) is 55.7 Å². The number of benzene rings is 2. The highest BCUT2D eigenvalue weighted by molar-refractivity contribution is 5.96. The average molecular weight is 586 g/mol. The normalized spacial score (nSPS) is 16.9. The number of methoxy groups -OCH3 is 1.